The molecule has 7 heteroatoms. The first-order valence-corrected chi connectivity index (χ1v) is 9.82. The van der Waals surface area contributed by atoms with Gasteiger partial charge in [-0.2, -0.15) is 0 Å². The van der Waals surface area contributed by atoms with Crippen LogP contribution in [0.5, 0.6) is 23.0 Å². The van der Waals surface area contributed by atoms with Gasteiger partial charge in [0.15, 0.2) is 17.2 Å². The van der Waals surface area contributed by atoms with E-state index >= 15 is 0 Å². The zero-order valence-electron chi connectivity index (χ0n) is 17.5. The van der Waals surface area contributed by atoms with Gasteiger partial charge in [-0.05, 0) is 49.4 Å². The summed E-state index contributed by atoms with van der Waals surface area (Å²) in [5.74, 6) is 1.60. The van der Waals surface area contributed by atoms with E-state index in [4.69, 9.17) is 14.2 Å². The molecule has 158 valence electrons. The Hall–Kier alpha value is -4.00. The minimum absolute atomic E-state index is 0.172. The van der Waals surface area contributed by atoms with Crippen LogP contribution in [0.1, 0.15) is 27.6 Å². The number of amides is 2. The summed E-state index contributed by atoms with van der Waals surface area (Å²) in [5.41, 5.74) is 1.99. The van der Waals surface area contributed by atoms with Crippen LogP contribution in [0.15, 0.2) is 60.7 Å². The molecule has 0 unspecified atom stereocenters. The number of para-hydroxylation sites is 1. The SMILES string of the molecule is CCN1C(=O)c2ccccc2Oc2ccc(C(=O)Nc3ccc(OC)c(OC)c3)cc21. The van der Waals surface area contributed by atoms with E-state index in [2.05, 4.69) is 5.32 Å². The number of rotatable bonds is 5. The fourth-order valence-electron chi connectivity index (χ4n) is 3.49. The third kappa shape index (κ3) is 3.77. The molecule has 3 aromatic carbocycles. The third-order valence-corrected chi connectivity index (χ3v) is 5.05. The van der Waals surface area contributed by atoms with Crippen molar-refractivity contribution in [2.75, 3.05) is 31.0 Å². The summed E-state index contributed by atoms with van der Waals surface area (Å²) in [6.45, 7) is 2.32. The van der Waals surface area contributed by atoms with Crippen molar-refractivity contribution < 1.29 is 23.8 Å². The average Bonchev–Trinajstić information content (AvgIpc) is 2.92. The predicted molar refractivity (Wildman–Crippen MR) is 118 cm³/mol. The van der Waals surface area contributed by atoms with Gasteiger partial charge < -0.3 is 24.4 Å². The normalized spacial score (nSPS) is 12.2. The number of nitrogens with one attached hydrogen (secondary N) is 1. The first kappa shape index (κ1) is 20.3. The highest BCUT2D eigenvalue weighted by Gasteiger charge is 2.27. The molecule has 4 rings (SSSR count). The molecule has 31 heavy (non-hydrogen) atoms. The maximum absolute atomic E-state index is 13.1. The molecule has 0 spiro atoms. The number of anilines is 2. The molecule has 1 aliphatic heterocycles. The average molecular weight is 418 g/mol. The summed E-state index contributed by atoms with van der Waals surface area (Å²) in [6.07, 6.45) is 0. The van der Waals surface area contributed by atoms with Crippen molar-refractivity contribution in [3.8, 4) is 23.0 Å². The number of methoxy groups -OCH3 is 2. The fourth-order valence-corrected chi connectivity index (χ4v) is 3.49. The molecule has 0 saturated carbocycles. The van der Waals surface area contributed by atoms with E-state index in [1.807, 2.05) is 13.0 Å². The smallest absolute Gasteiger partial charge is 0.262 e. The van der Waals surface area contributed by atoms with Crippen LogP contribution in [0, 0.1) is 0 Å². The third-order valence-electron chi connectivity index (χ3n) is 5.05. The zero-order chi connectivity index (χ0) is 22.0. The van der Waals surface area contributed by atoms with Gasteiger partial charge in [0.2, 0.25) is 0 Å². The Bertz CT molecular complexity index is 1160. The van der Waals surface area contributed by atoms with Crippen LogP contribution in [0.4, 0.5) is 11.4 Å². The monoisotopic (exact) mass is 418 g/mol. The standard InChI is InChI=1S/C24H22N2O5/c1-4-26-18-13-15(23(27)25-16-10-12-21(29-2)22(14-16)30-3)9-11-20(18)31-19-8-6-5-7-17(19)24(26)28/h5-14H,4H2,1-3H3,(H,25,27). The summed E-state index contributed by atoms with van der Waals surface area (Å²) in [6, 6.07) is 17.3. The molecule has 1 aliphatic rings. The lowest BCUT2D eigenvalue weighted by atomic mass is 10.1. The van der Waals surface area contributed by atoms with Gasteiger partial charge in [0.25, 0.3) is 11.8 Å². The number of hydrogen-bond acceptors (Lipinski definition) is 5. The quantitative estimate of drug-likeness (QED) is 0.648. The van der Waals surface area contributed by atoms with Crippen molar-refractivity contribution >= 4 is 23.2 Å². The summed E-state index contributed by atoms with van der Waals surface area (Å²) >= 11 is 0. The van der Waals surface area contributed by atoms with E-state index in [9.17, 15) is 9.59 Å². The Kier molecular flexibility index (Phi) is 5.49. The lowest BCUT2D eigenvalue weighted by Crippen LogP contribution is -2.30. The van der Waals surface area contributed by atoms with Crippen LogP contribution in [0.2, 0.25) is 0 Å². The predicted octanol–water partition coefficient (Wildman–Crippen LogP) is 4.73. The van der Waals surface area contributed by atoms with Gasteiger partial charge in [-0.1, -0.05) is 12.1 Å². The Morgan fingerprint density at radius 1 is 0.968 bits per heavy atom. The van der Waals surface area contributed by atoms with E-state index in [0.29, 0.717) is 52.0 Å². The number of nitrogens with zero attached hydrogens (tertiary/aromatic N) is 1. The molecule has 7 nitrogen and oxygen atoms in total. The number of fused-ring (bicyclic) bond motifs is 2. The maximum Gasteiger partial charge on any atom is 0.262 e. The molecular weight excluding hydrogens is 396 g/mol. The maximum atomic E-state index is 13.1. The largest absolute Gasteiger partial charge is 0.493 e. The van der Waals surface area contributed by atoms with E-state index in [0.717, 1.165) is 0 Å². The minimum atomic E-state index is -0.319. The number of carbonyl (C=O) groups is 2. The van der Waals surface area contributed by atoms with Crippen molar-refractivity contribution in [1.82, 2.24) is 0 Å². The van der Waals surface area contributed by atoms with Gasteiger partial charge in [-0.25, -0.2) is 0 Å². The van der Waals surface area contributed by atoms with Gasteiger partial charge in [0.05, 0.1) is 25.5 Å². The van der Waals surface area contributed by atoms with Crippen molar-refractivity contribution in [3.63, 3.8) is 0 Å². The van der Waals surface area contributed by atoms with E-state index in [1.165, 1.54) is 7.11 Å². The molecule has 0 aliphatic carbocycles. The zero-order valence-corrected chi connectivity index (χ0v) is 17.5. The van der Waals surface area contributed by atoms with Crippen LogP contribution in [-0.2, 0) is 0 Å². The van der Waals surface area contributed by atoms with Crippen LogP contribution in [0.25, 0.3) is 0 Å². The highest BCUT2D eigenvalue weighted by atomic mass is 16.5. The van der Waals surface area contributed by atoms with Crippen LogP contribution >= 0.6 is 0 Å². The fraction of sp³-hybridized carbons (Fsp3) is 0.167. The molecule has 1 heterocycles. The second-order valence-electron chi connectivity index (χ2n) is 6.85. The van der Waals surface area contributed by atoms with Crippen LogP contribution < -0.4 is 24.4 Å². The lowest BCUT2D eigenvalue weighted by molar-refractivity contribution is 0.0985. The second kappa shape index (κ2) is 8.39. The first-order valence-electron chi connectivity index (χ1n) is 9.82. The number of ether oxygens (including phenoxy) is 3. The molecular formula is C24H22N2O5. The van der Waals surface area contributed by atoms with Gasteiger partial charge in [0.1, 0.15) is 5.75 Å². The summed E-state index contributed by atoms with van der Waals surface area (Å²) in [5, 5.41) is 2.85. The van der Waals surface area contributed by atoms with Gasteiger partial charge in [0, 0.05) is 23.9 Å². The summed E-state index contributed by atoms with van der Waals surface area (Å²) in [4.78, 5) is 27.6. The van der Waals surface area contributed by atoms with E-state index in [-0.39, 0.29) is 11.8 Å². The van der Waals surface area contributed by atoms with Crippen molar-refractivity contribution in [2.24, 2.45) is 0 Å². The van der Waals surface area contributed by atoms with Crippen LogP contribution in [0.3, 0.4) is 0 Å². The molecule has 0 saturated heterocycles. The number of benzene rings is 3. The second-order valence-corrected chi connectivity index (χ2v) is 6.85. The van der Waals surface area contributed by atoms with E-state index < -0.39 is 0 Å². The highest BCUT2D eigenvalue weighted by molar-refractivity contribution is 6.11. The Morgan fingerprint density at radius 3 is 2.48 bits per heavy atom. The van der Waals surface area contributed by atoms with Gasteiger partial charge >= 0.3 is 0 Å². The minimum Gasteiger partial charge on any atom is -0.493 e. The van der Waals surface area contributed by atoms with Crippen molar-refractivity contribution in [3.05, 3.63) is 71.8 Å². The Balaban J connectivity index is 1.66. The van der Waals surface area contributed by atoms with Crippen LogP contribution in [-0.4, -0.2) is 32.6 Å². The number of hydrogen-bond donors (Lipinski definition) is 1. The molecule has 2 amide bonds. The summed E-state index contributed by atoms with van der Waals surface area (Å²) < 4.78 is 16.5. The van der Waals surface area contributed by atoms with Gasteiger partial charge in [-0.15, -0.1) is 0 Å². The summed E-state index contributed by atoms with van der Waals surface area (Å²) in [7, 11) is 3.08. The topological polar surface area (TPSA) is 77.1 Å². The van der Waals surface area contributed by atoms with Crippen molar-refractivity contribution in [2.45, 2.75) is 6.92 Å². The molecule has 0 bridgehead atoms. The molecule has 0 atom stereocenters. The number of carbonyl (C=O) groups excluding carboxylic acids is 2. The first-order chi connectivity index (χ1) is 15.0. The van der Waals surface area contributed by atoms with E-state index in [1.54, 1.807) is 66.6 Å². The Labute approximate surface area is 180 Å². The molecule has 0 radical (unpaired) electrons. The molecule has 0 fully saturated rings. The molecule has 3 aromatic rings. The molecule has 0 aromatic heterocycles. The molecule has 1 N–H and O–H groups in total. The van der Waals surface area contributed by atoms with Crippen molar-refractivity contribution in [1.29, 1.82) is 0 Å². The highest BCUT2D eigenvalue weighted by Crippen LogP contribution is 2.39. The lowest BCUT2D eigenvalue weighted by Gasteiger charge is -2.20. The van der Waals surface area contributed by atoms with Gasteiger partial charge in [-0.3, -0.25) is 9.59 Å². The Morgan fingerprint density at radius 2 is 1.74 bits per heavy atom.